The molecule has 0 aliphatic rings. The molecule has 0 bridgehead atoms. The lowest BCUT2D eigenvalue weighted by Crippen LogP contribution is -2.00. The Hall–Kier alpha value is -1.74. The molecule has 2 nitrogen and oxygen atoms in total. The highest BCUT2D eigenvalue weighted by Crippen LogP contribution is 2.10. The molecule has 1 aromatic carbocycles. The first kappa shape index (κ1) is 7.37. The van der Waals surface area contributed by atoms with Crippen molar-refractivity contribution in [2.75, 3.05) is 0 Å². The molecule has 0 fully saturated rings. The number of nitriles is 1. The highest BCUT2D eigenvalue weighted by molar-refractivity contribution is 6.32. The molecule has 0 spiro atoms. The number of benzene rings is 1. The van der Waals surface area contributed by atoms with Crippen molar-refractivity contribution in [1.82, 2.24) is 0 Å². The average molecular weight is 138 g/mol. The van der Waals surface area contributed by atoms with E-state index < -0.39 is 0 Å². The lowest BCUT2D eigenvalue weighted by Gasteiger charge is -1.94. The predicted octanol–water partition coefficient (Wildman–Crippen LogP) is 0.903. The Morgan fingerprint density at radius 3 is 2.73 bits per heavy atom. The summed E-state index contributed by atoms with van der Waals surface area (Å²) in [6.45, 7) is 6.67. The summed E-state index contributed by atoms with van der Waals surface area (Å²) < 4.78 is 0. The maximum Gasteiger partial charge on any atom is 0.187 e. The van der Waals surface area contributed by atoms with Crippen molar-refractivity contribution in [3.05, 3.63) is 35.2 Å². The molecule has 2 radical (unpaired) electrons. The van der Waals surface area contributed by atoms with E-state index in [4.69, 9.17) is 19.7 Å². The van der Waals surface area contributed by atoms with Gasteiger partial charge in [0.1, 0.15) is 7.85 Å². The molecule has 3 heteroatoms. The monoisotopic (exact) mass is 138 g/mol. The molecule has 0 heterocycles. The summed E-state index contributed by atoms with van der Waals surface area (Å²) >= 11 is 0. The maximum absolute atomic E-state index is 8.47. The summed E-state index contributed by atoms with van der Waals surface area (Å²) in [5.41, 5.74) is 1.28. The number of rotatable bonds is 0. The van der Waals surface area contributed by atoms with Crippen molar-refractivity contribution in [2.45, 2.75) is 0 Å². The zero-order valence-electron chi connectivity index (χ0n) is 5.70. The first-order valence-corrected chi connectivity index (χ1v) is 2.94. The Morgan fingerprint density at radius 1 is 1.45 bits per heavy atom. The largest absolute Gasteiger partial charge is 0.238 e. The molecule has 48 valence electrons. The summed E-state index contributed by atoms with van der Waals surface area (Å²) in [7, 11) is 5.42. The van der Waals surface area contributed by atoms with E-state index >= 15 is 0 Å². The third-order valence-corrected chi connectivity index (χ3v) is 1.20. The second-order valence-electron chi connectivity index (χ2n) is 2.04. The van der Waals surface area contributed by atoms with E-state index in [0.29, 0.717) is 16.7 Å². The van der Waals surface area contributed by atoms with Gasteiger partial charge in [0.05, 0.1) is 12.6 Å². The van der Waals surface area contributed by atoms with Crippen LogP contribution in [0, 0.1) is 17.9 Å². The standard InChI is InChI=1S/C8H3BN2/c1-11-8-3-6(5-10)2-7(9)4-8/h2-4H. The Bertz CT molecular complexity index is 325. The van der Waals surface area contributed by atoms with Gasteiger partial charge in [0.25, 0.3) is 0 Å². The van der Waals surface area contributed by atoms with Gasteiger partial charge >= 0.3 is 0 Å². The van der Waals surface area contributed by atoms with Gasteiger partial charge in [0.2, 0.25) is 0 Å². The first-order chi connectivity index (χ1) is 5.26. The molecule has 0 atom stereocenters. The fourth-order valence-corrected chi connectivity index (χ4v) is 0.764. The fourth-order valence-electron chi connectivity index (χ4n) is 0.764. The molecule has 11 heavy (non-hydrogen) atoms. The minimum absolute atomic E-state index is 0.404. The third-order valence-electron chi connectivity index (χ3n) is 1.20. The minimum Gasteiger partial charge on any atom is -0.238 e. The second-order valence-corrected chi connectivity index (χ2v) is 2.04. The van der Waals surface area contributed by atoms with E-state index in [1.54, 1.807) is 0 Å². The average Bonchev–Trinajstić information content (AvgIpc) is 2.03. The van der Waals surface area contributed by atoms with Crippen molar-refractivity contribution >= 4 is 19.0 Å². The van der Waals surface area contributed by atoms with E-state index in [0.717, 1.165) is 0 Å². The lowest BCUT2D eigenvalue weighted by atomic mass is 9.94. The molecule has 1 aromatic rings. The molecule has 0 aromatic heterocycles. The summed E-state index contributed by atoms with van der Waals surface area (Å²) in [6, 6.07) is 6.49. The first-order valence-electron chi connectivity index (χ1n) is 2.94. The van der Waals surface area contributed by atoms with E-state index in [1.165, 1.54) is 18.2 Å². The summed E-state index contributed by atoms with van der Waals surface area (Å²) in [5, 5.41) is 8.47. The van der Waals surface area contributed by atoms with E-state index in [-0.39, 0.29) is 0 Å². The van der Waals surface area contributed by atoms with Gasteiger partial charge in [-0.15, -0.1) is 5.46 Å². The molecule has 0 unspecified atom stereocenters. The van der Waals surface area contributed by atoms with Gasteiger partial charge in [-0.25, -0.2) is 4.85 Å². The van der Waals surface area contributed by atoms with Crippen LogP contribution in [0.5, 0.6) is 0 Å². The van der Waals surface area contributed by atoms with Gasteiger partial charge in [0.15, 0.2) is 5.69 Å². The van der Waals surface area contributed by atoms with Gasteiger partial charge in [-0.3, -0.25) is 0 Å². The number of hydrogen-bond donors (Lipinski definition) is 0. The van der Waals surface area contributed by atoms with Gasteiger partial charge < -0.3 is 0 Å². The molecule has 0 N–H and O–H groups in total. The van der Waals surface area contributed by atoms with Crippen molar-refractivity contribution in [1.29, 1.82) is 5.26 Å². The van der Waals surface area contributed by atoms with Crippen LogP contribution in [-0.4, -0.2) is 7.85 Å². The SMILES string of the molecule is [B]c1cc(C#N)cc([N+]#[C-])c1. The van der Waals surface area contributed by atoms with Crippen LogP contribution in [0.15, 0.2) is 18.2 Å². The molecule has 0 saturated carbocycles. The zero-order valence-corrected chi connectivity index (χ0v) is 5.70. The highest BCUT2D eigenvalue weighted by atomic mass is 14.6. The molecular weight excluding hydrogens is 135 g/mol. The van der Waals surface area contributed by atoms with Crippen molar-refractivity contribution in [3.8, 4) is 6.07 Å². The number of hydrogen-bond acceptors (Lipinski definition) is 1. The highest BCUT2D eigenvalue weighted by Gasteiger charge is 1.94. The van der Waals surface area contributed by atoms with Crippen LogP contribution < -0.4 is 5.46 Å². The second kappa shape index (κ2) is 2.90. The normalized spacial score (nSPS) is 8.18. The molecule has 0 amide bonds. The van der Waals surface area contributed by atoms with Crippen molar-refractivity contribution in [2.24, 2.45) is 0 Å². The van der Waals surface area contributed by atoms with E-state index in [2.05, 4.69) is 4.85 Å². The molecule has 1 rings (SSSR count). The van der Waals surface area contributed by atoms with Crippen LogP contribution in [0.25, 0.3) is 4.85 Å². The van der Waals surface area contributed by atoms with Crippen LogP contribution in [0.2, 0.25) is 0 Å². The molecule has 0 aliphatic heterocycles. The molecular formula is C8H3BN2. The van der Waals surface area contributed by atoms with E-state index in [9.17, 15) is 0 Å². The van der Waals surface area contributed by atoms with Crippen molar-refractivity contribution < 1.29 is 0 Å². The summed E-state index contributed by atoms with van der Waals surface area (Å²) in [4.78, 5) is 3.16. The predicted molar refractivity (Wildman–Crippen MR) is 42.8 cm³/mol. The van der Waals surface area contributed by atoms with Crippen LogP contribution in [0.4, 0.5) is 5.69 Å². The van der Waals surface area contributed by atoms with Gasteiger partial charge in [0, 0.05) is 5.56 Å². The van der Waals surface area contributed by atoms with Crippen LogP contribution in [-0.2, 0) is 0 Å². The van der Waals surface area contributed by atoms with Gasteiger partial charge in [-0.1, -0.05) is 12.1 Å². The third kappa shape index (κ3) is 1.59. The van der Waals surface area contributed by atoms with Crippen molar-refractivity contribution in [3.63, 3.8) is 0 Å². The Kier molecular flexibility index (Phi) is 1.94. The maximum atomic E-state index is 8.47. The molecule has 0 aliphatic carbocycles. The zero-order chi connectivity index (χ0) is 8.27. The topological polar surface area (TPSA) is 28.1 Å². The van der Waals surface area contributed by atoms with Gasteiger partial charge in [-0.2, -0.15) is 5.26 Å². The molecule has 0 saturated heterocycles. The summed E-state index contributed by atoms with van der Waals surface area (Å²) in [6.07, 6.45) is 0. The smallest absolute Gasteiger partial charge is 0.187 e. The Balaban J connectivity index is 3.28. The lowest BCUT2D eigenvalue weighted by molar-refractivity contribution is 1.49. The Labute approximate surface area is 66.3 Å². The number of nitrogens with zero attached hydrogens (tertiary/aromatic N) is 2. The quantitative estimate of drug-likeness (QED) is 0.386. The van der Waals surface area contributed by atoms with Crippen LogP contribution in [0.1, 0.15) is 5.56 Å². The van der Waals surface area contributed by atoms with Crippen LogP contribution in [0.3, 0.4) is 0 Å². The Morgan fingerprint density at radius 2 is 2.18 bits per heavy atom. The summed E-state index contributed by atoms with van der Waals surface area (Å²) in [5.74, 6) is 0. The van der Waals surface area contributed by atoms with Gasteiger partial charge in [-0.05, 0) is 6.07 Å². The minimum atomic E-state index is 0.404. The van der Waals surface area contributed by atoms with Crippen LogP contribution >= 0.6 is 0 Å². The fraction of sp³-hybridized carbons (Fsp3) is 0. The van der Waals surface area contributed by atoms with E-state index in [1.807, 2.05) is 6.07 Å².